The van der Waals surface area contributed by atoms with E-state index in [1.165, 1.54) is 11.1 Å². The van der Waals surface area contributed by atoms with Gasteiger partial charge >= 0.3 is 0 Å². The molecule has 0 aliphatic heterocycles. The van der Waals surface area contributed by atoms with Crippen molar-refractivity contribution >= 4 is 49.1 Å². The van der Waals surface area contributed by atoms with Gasteiger partial charge in [-0.25, -0.2) is 4.98 Å². The average molecular weight is 391 g/mol. The van der Waals surface area contributed by atoms with E-state index in [-0.39, 0.29) is 0 Å². The molecule has 2 nitrogen and oxygen atoms in total. The monoisotopic (exact) mass is 388 g/mol. The lowest BCUT2D eigenvalue weighted by Gasteiger charge is -2.10. The second kappa shape index (κ2) is 6.04. The molecule has 2 aromatic rings. The Hall–Kier alpha value is -0.580. The molecule has 94 valence electrons. The summed E-state index contributed by atoms with van der Waals surface area (Å²) >= 11 is 13.0. The molecule has 0 aliphatic carbocycles. The third-order valence-corrected chi connectivity index (χ3v) is 3.96. The molecule has 0 atom stereocenters. The number of aromatic nitrogens is 1. The number of benzene rings is 1. The zero-order chi connectivity index (χ0) is 13.1. The fraction of sp³-hybridized carbons (Fsp3) is 0.154. The van der Waals surface area contributed by atoms with Crippen LogP contribution in [0.1, 0.15) is 11.1 Å². The van der Waals surface area contributed by atoms with E-state index in [1.54, 1.807) is 6.20 Å². The number of hydrogen-bond donors (Lipinski definition) is 1. The Morgan fingerprint density at radius 1 is 1.28 bits per heavy atom. The van der Waals surface area contributed by atoms with Gasteiger partial charge in [0.1, 0.15) is 0 Å². The Morgan fingerprint density at radius 2 is 2.06 bits per heavy atom. The molecule has 0 fully saturated rings. The summed E-state index contributed by atoms with van der Waals surface area (Å²) in [5.74, 6) is 0. The molecule has 0 aliphatic rings. The van der Waals surface area contributed by atoms with E-state index in [0.717, 1.165) is 14.6 Å². The summed E-state index contributed by atoms with van der Waals surface area (Å²) in [6.07, 6.45) is 1.68. The minimum atomic E-state index is 0.474. The quantitative estimate of drug-likeness (QED) is 0.731. The molecule has 0 spiro atoms. The summed E-state index contributed by atoms with van der Waals surface area (Å²) in [6.45, 7) is 2.76. The fourth-order valence-corrected chi connectivity index (χ4v) is 2.67. The van der Waals surface area contributed by atoms with Gasteiger partial charge in [0.25, 0.3) is 0 Å². The molecule has 5 heteroatoms. The largest absolute Gasteiger partial charge is 0.378 e. The standard InChI is InChI=1S/C13H11Br2ClN2/c1-8-2-3-9(11(15)4-8)6-17-12-5-10(14)7-18-13(12)16/h2-5,7,17H,6H2,1H3. The summed E-state index contributed by atoms with van der Waals surface area (Å²) in [5.41, 5.74) is 3.22. The summed E-state index contributed by atoms with van der Waals surface area (Å²) < 4.78 is 1.99. The molecule has 1 heterocycles. The lowest BCUT2D eigenvalue weighted by Crippen LogP contribution is -2.01. The number of pyridine rings is 1. The molecule has 0 saturated carbocycles. The highest BCUT2D eigenvalue weighted by atomic mass is 79.9. The molecule has 2 rings (SSSR count). The first-order valence-electron chi connectivity index (χ1n) is 5.36. The van der Waals surface area contributed by atoms with Gasteiger partial charge in [-0.15, -0.1) is 0 Å². The van der Waals surface area contributed by atoms with E-state index in [4.69, 9.17) is 11.6 Å². The second-order valence-corrected chi connectivity index (χ2v) is 6.07. The van der Waals surface area contributed by atoms with Crippen LogP contribution in [0.4, 0.5) is 5.69 Å². The average Bonchev–Trinajstić information content (AvgIpc) is 2.32. The van der Waals surface area contributed by atoms with Crippen LogP contribution in [0.2, 0.25) is 5.15 Å². The molecular formula is C13H11Br2ClN2. The summed E-state index contributed by atoms with van der Waals surface area (Å²) in [4.78, 5) is 4.07. The molecule has 18 heavy (non-hydrogen) atoms. The minimum Gasteiger partial charge on any atom is -0.378 e. The number of anilines is 1. The van der Waals surface area contributed by atoms with Gasteiger partial charge in [0.2, 0.25) is 0 Å². The number of rotatable bonds is 3. The van der Waals surface area contributed by atoms with Gasteiger partial charge in [-0.3, -0.25) is 0 Å². The lowest BCUT2D eigenvalue weighted by atomic mass is 10.1. The topological polar surface area (TPSA) is 24.9 Å². The van der Waals surface area contributed by atoms with Gasteiger partial charge < -0.3 is 5.32 Å². The van der Waals surface area contributed by atoms with Gasteiger partial charge in [0.05, 0.1) is 5.69 Å². The van der Waals surface area contributed by atoms with Crippen LogP contribution in [0.25, 0.3) is 0 Å². The van der Waals surface area contributed by atoms with Crippen molar-refractivity contribution < 1.29 is 0 Å². The van der Waals surface area contributed by atoms with Gasteiger partial charge in [-0.05, 0) is 46.1 Å². The Bertz CT molecular complexity index is 573. The van der Waals surface area contributed by atoms with E-state index in [9.17, 15) is 0 Å². The van der Waals surface area contributed by atoms with Gasteiger partial charge in [-0.1, -0.05) is 39.7 Å². The summed E-state index contributed by atoms with van der Waals surface area (Å²) in [7, 11) is 0. The van der Waals surface area contributed by atoms with Crippen molar-refractivity contribution in [2.75, 3.05) is 5.32 Å². The Balaban J connectivity index is 2.13. The second-order valence-electron chi connectivity index (χ2n) is 3.94. The Morgan fingerprint density at radius 3 is 2.78 bits per heavy atom. The van der Waals surface area contributed by atoms with Crippen molar-refractivity contribution in [3.05, 3.63) is 55.7 Å². The smallest absolute Gasteiger partial charge is 0.152 e. The van der Waals surface area contributed by atoms with Crippen LogP contribution >= 0.6 is 43.5 Å². The molecule has 0 unspecified atom stereocenters. The van der Waals surface area contributed by atoms with E-state index in [0.29, 0.717) is 11.7 Å². The van der Waals surface area contributed by atoms with Gasteiger partial charge in [0.15, 0.2) is 5.15 Å². The predicted molar refractivity (Wildman–Crippen MR) is 83.2 cm³/mol. The van der Waals surface area contributed by atoms with Gasteiger partial charge in [0, 0.05) is 21.7 Å². The fourth-order valence-electron chi connectivity index (χ4n) is 1.53. The Labute approximate surface area is 128 Å². The van der Waals surface area contributed by atoms with Crippen LogP contribution in [0.3, 0.4) is 0 Å². The summed E-state index contributed by atoms with van der Waals surface area (Å²) in [5, 5.41) is 3.75. The minimum absolute atomic E-state index is 0.474. The molecule has 0 bridgehead atoms. The van der Waals surface area contributed by atoms with Gasteiger partial charge in [-0.2, -0.15) is 0 Å². The number of nitrogens with zero attached hydrogens (tertiary/aromatic N) is 1. The van der Waals surface area contributed by atoms with E-state index in [2.05, 4.69) is 67.3 Å². The highest BCUT2D eigenvalue weighted by Crippen LogP contribution is 2.25. The van der Waals surface area contributed by atoms with Crippen LogP contribution in [-0.4, -0.2) is 4.98 Å². The molecule has 0 saturated heterocycles. The van der Waals surface area contributed by atoms with Crippen molar-refractivity contribution in [1.82, 2.24) is 4.98 Å². The maximum atomic E-state index is 6.02. The van der Waals surface area contributed by atoms with E-state index >= 15 is 0 Å². The normalized spacial score (nSPS) is 10.4. The third kappa shape index (κ3) is 3.46. The molecule has 0 amide bonds. The van der Waals surface area contributed by atoms with Crippen molar-refractivity contribution in [3.8, 4) is 0 Å². The number of nitrogens with one attached hydrogen (secondary N) is 1. The van der Waals surface area contributed by atoms with Crippen LogP contribution in [0.15, 0.2) is 39.4 Å². The van der Waals surface area contributed by atoms with Crippen LogP contribution < -0.4 is 5.32 Å². The zero-order valence-corrected chi connectivity index (χ0v) is 13.6. The third-order valence-electron chi connectivity index (χ3n) is 2.48. The highest BCUT2D eigenvalue weighted by molar-refractivity contribution is 9.10. The van der Waals surface area contributed by atoms with Crippen LogP contribution in [-0.2, 0) is 6.54 Å². The lowest BCUT2D eigenvalue weighted by molar-refractivity contribution is 1.12. The Kier molecular flexibility index (Phi) is 4.65. The molecule has 0 radical (unpaired) electrons. The first-order chi connectivity index (χ1) is 8.56. The van der Waals surface area contributed by atoms with Crippen molar-refractivity contribution in [2.45, 2.75) is 13.5 Å². The highest BCUT2D eigenvalue weighted by Gasteiger charge is 2.04. The van der Waals surface area contributed by atoms with E-state index in [1.807, 2.05) is 6.07 Å². The van der Waals surface area contributed by atoms with Crippen LogP contribution in [0.5, 0.6) is 0 Å². The number of hydrogen-bond acceptors (Lipinski definition) is 2. The SMILES string of the molecule is Cc1ccc(CNc2cc(Br)cnc2Cl)c(Br)c1. The maximum Gasteiger partial charge on any atom is 0.152 e. The van der Waals surface area contributed by atoms with Crippen molar-refractivity contribution in [2.24, 2.45) is 0 Å². The first-order valence-corrected chi connectivity index (χ1v) is 7.32. The maximum absolute atomic E-state index is 6.02. The number of halogens is 3. The van der Waals surface area contributed by atoms with Crippen molar-refractivity contribution in [3.63, 3.8) is 0 Å². The molecular weight excluding hydrogens is 379 g/mol. The molecule has 1 N–H and O–H groups in total. The molecule has 1 aromatic carbocycles. The number of aryl methyl sites for hydroxylation is 1. The van der Waals surface area contributed by atoms with E-state index < -0.39 is 0 Å². The first kappa shape index (κ1) is 13.8. The summed E-state index contributed by atoms with van der Waals surface area (Å²) in [6, 6.07) is 8.18. The van der Waals surface area contributed by atoms with Crippen LogP contribution in [0, 0.1) is 6.92 Å². The predicted octanol–water partition coefficient (Wildman–Crippen LogP) is 5.18. The molecule has 1 aromatic heterocycles. The van der Waals surface area contributed by atoms with Crippen molar-refractivity contribution in [1.29, 1.82) is 0 Å². The zero-order valence-electron chi connectivity index (χ0n) is 9.67.